The van der Waals surface area contributed by atoms with Crippen molar-refractivity contribution in [2.45, 2.75) is 30.0 Å². The lowest BCUT2D eigenvalue weighted by molar-refractivity contribution is 0.416. The van der Waals surface area contributed by atoms with Gasteiger partial charge in [0.15, 0.2) is 0 Å². The Kier molecular flexibility index (Phi) is 5.84. The maximum absolute atomic E-state index is 12.8. The van der Waals surface area contributed by atoms with Crippen LogP contribution in [0.3, 0.4) is 0 Å². The smallest absolute Gasteiger partial charge is 0.244 e. The average molecular weight is 369 g/mol. The molecule has 1 heterocycles. The second-order valence-corrected chi connectivity index (χ2v) is 8.97. The zero-order valence-corrected chi connectivity index (χ0v) is 14.8. The molecule has 1 aliphatic rings. The molecule has 0 saturated carbocycles. The van der Waals surface area contributed by atoms with Crippen molar-refractivity contribution in [3.8, 4) is 0 Å². The van der Waals surface area contributed by atoms with Crippen molar-refractivity contribution in [2.75, 3.05) is 18.8 Å². The van der Waals surface area contributed by atoms with Gasteiger partial charge >= 0.3 is 0 Å². The molecule has 21 heavy (non-hydrogen) atoms. The molecule has 0 radical (unpaired) electrons. The second kappa shape index (κ2) is 7.06. The maximum Gasteiger partial charge on any atom is 0.244 e. The standard InChI is InChI=1S/C13H18Cl2N2O2S2/c1-2-11-8-17(3-4-20-11)21(18,19)12-6-10(14)5-9(7-16)13(12)15/h5-6,11H,2-4,7-8,16H2,1H3. The molecular formula is C13H18Cl2N2O2S2. The van der Waals surface area contributed by atoms with E-state index in [1.54, 1.807) is 6.07 Å². The molecule has 0 aromatic heterocycles. The van der Waals surface area contributed by atoms with Crippen LogP contribution in [0.15, 0.2) is 17.0 Å². The predicted octanol–water partition coefficient (Wildman–Crippen LogP) is 2.97. The van der Waals surface area contributed by atoms with Crippen LogP contribution in [0.1, 0.15) is 18.9 Å². The van der Waals surface area contributed by atoms with Crippen LogP contribution in [-0.4, -0.2) is 36.8 Å². The summed E-state index contributed by atoms with van der Waals surface area (Å²) in [4.78, 5) is 0.0545. The first-order chi connectivity index (χ1) is 9.90. The molecule has 0 aliphatic carbocycles. The van der Waals surface area contributed by atoms with Gasteiger partial charge in [0.2, 0.25) is 10.0 Å². The summed E-state index contributed by atoms with van der Waals surface area (Å²) in [5, 5.41) is 0.825. The minimum atomic E-state index is -3.64. The van der Waals surface area contributed by atoms with Gasteiger partial charge in [-0.15, -0.1) is 0 Å². The Bertz CT molecular complexity index is 623. The van der Waals surface area contributed by atoms with Crippen molar-refractivity contribution in [2.24, 2.45) is 5.73 Å². The third-order valence-corrected chi connectivity index (χ3v) is 7.51. The molecule has 1 atom stereocenters. The summed E-state index contributed by atoms with van der Waals surface area (Å²) in [6.07, 6.45) is 0.939. The van der Waals surface area contributed by atoms with Crippen LogP contribution < -0.4 is 5.73 Å². The van der Waals surface area contributed by atoms with Crippen LogP contribution in [0, 0.1) is 0 Å². The number of rotatable bonds is 4. The number of sulfonamides is 1. The largest absolute Gasteiger partial charge is 0.326 e. The van der Waals surface area contributed by atoms with Crippen LogP contribution in [0.5, 0.6) is 0 Å². The molecule has 8 heteroatoms. The van der Waals surface area contributed by atoms with Gasteiger partial charge in [0, 0.05) is 35.7 Å². The molecule has 0 amide bonds. The Labute approximate surface area is 140 Å². The zero-order valence-electron chi connectivity index (χ0n) is 11.7. The van der Waals surface area contributed by atoms with Crippen molar-refractivity contribution in [3.63, 3.8) is 0 Å². The normalized spacial score (nSPS) is 20.7. The first-order valence-corrected chi connectivity index (χ1v) is 9.94. The van der Waals surface area contributed by atoms with Gasteiger partial charge in [-0.2, -0.15) is 16.1 Å². The second-order valence-electron chi connectivity index (χ2n) is 4.85. The summed E-state index contributed by atoms with van der Waals surface area (Å²) >= 11 is 14.0. The minimum absolute atomic E-state index is 0.0545. The van der Waals surface area contributed by atoms with Gasteiger partial charge in [0.05, 0.1) is 5.02 Å². The van der Waals surface area contributed by atoms with E-state index in [1.165, 1.54) is 10.4 Å². The number of halogens is 2. The number of benzene rings is 1. The van der Waals surface area contributed by atoms with Gasteiger partial charge in [-0.05, 0) is 24.1 Å². The molecule has 4 nitrogen and oxygen atoms in total. The molecule has 1 saturated heterocycles. The average Bonchev–Trinajstić information content (AvgIpc) is 2.49. The highest BCUT2D eigenvalue weighted by atomic mass is 35.5. The zero-order chi connectivity index (χ0) is 15.6. The van der Waals surface area contributed by atoms with Gasteiger partial charge < -0.3 is 5.73 Å². The number of hydrogen-bond acceptors (Lipinski definition) is 4. The highest BCUT2D eigenvalue weighted by Crippen LogP contribution is 2.33. The Morgan fingerprint density at radius 2 is 2.14 bits per heavy atom. The third-order valence-electron chi connectivity index (χ3n) is 3.47. The highest BCUT2D eigenvalue weighted by molar-refractivity contribution is 8.00. The van der Waals surface area contributed by atoms with Crippen LogP contribution in [-0.2, 0) is 16.6 Å². The van der Waals surface area contributed by atoms with E-state index in [9.17, 15) is 8.42 Å². The number of hydrogen-bond donors (Lipinski definition) is 1. The van der Waals surface area contributed by atoms with Crippen LogP contribution in [0.2, 0.25) is 10.0 Å². The van der Waals surface area contributed by atoms with E-state index in [1.807, 2.05) is 11.8 Å². The minimum Gasteiger partial charge on any atom is -0.326 e. The lowest BCUT2D eigenvalue weighted by Crippen LogP contribution is -2.41. The lowest BCUT2D eigenvalue weighted by Gasteiger charge is -2.31. The molecule has 2 rings (SSSR count). The molecule has 1 fully saturated rings. The van der Waals surface area contributed by atoms with Crippen molar-refractivity contribution >= 4 is 45.0 Å². The van der Waals surface area contributed by atoms with Crippen LogP contribution in [0.4, 0.5) is 0 Å². The first kappa shape index (κ1) is 17.4. The maximum atomic E-state index is 12.8. The van der Waals surface area contributed by atoms with E-state index in [2.05, 4.69) is 6.92 Å². The first-order valence-electron chi connectivity index (χ1n) is 6.69. The third kappa shape index (κ3) is 3.68. The van der Waals surface area contributed by atoms with Crippen molar-refractivity contribution in [1.29, 1.82) is 0 Å². The fourth-order valence-electron chi connectivity index (χ4n) is 2.25. The Morgan fingerprint density at radius 1 is 1.43 bits per heavy atom. The highest BCUT2D eigenvalue weighted by Gasteiger charge is 2.32. The molecule has 118 valence electrons. The van der Waals surface area contributed by atoms with Gasteiger partial charge in [0.25, 0.3) is 0 Å². The van der Waals surface area contributed by atoms with Gasteiger partial charge in [-0.1, -0.05) is 30.1 Å². The van der Waals surface area contributed by atoms with E-state index in [0.717, 1.165) is 12.2 Å². The topological polar surface area (TPSA) is 63.4 Å². The monoisotopic (exact) mass is 368 g/mol. The fourth-order valence-corrected chi connectivity index (χ4v) is 6.05. The molecule has 1 aromatic rings. The molecule has 1 unspecified atom stereocenters. The molecule has 1 aromatic carbocycles. The molecule has 2 N–H and O–H groups in total. The summed E-state index contributed by atoms with van der Waals surface area (Å²) in [7, 11) is -3.64. The Hall–Kier alpha value is 0.0200. The Balaban J connectivity index is 2.42. The predicted molar refractivity (Wildman–Crippen MR) is 89.6 cm³/mol. The number of nitrogens with two attached hydrogens (primary N) is 1. The quantitative estimate of drug-likeness (QED) is 0.886. The van der Waals surface area contributed by atoms with Crippen molar-refractivity contribution < 1.29 is 8.42 Å². The summed E-state index contributed by atoms with van der Waals surface area (Å²) in [5.74, 6) is 0.791. The summed E-state index contributed by atoms with van der Waals surface area (Å²) in [6, 6.07) is 3.00. The van der Waals surface area contributed by atoms with Crippen LogP contribution in [0.25, 0.3) is 0 Å². The van der Waals surface area contributed by atoms with E-state index in [4.69, 9.17) is 28.9 Å². The van der Waals surface area contributed by atoms with E-state index in [0.29, 0.717) is 28.9 Å². The lowest BCUT2D eigenvalue weighted by atomic mass is 10.2. The van der Waals surface area contributed by atoms with Crippen molar-refractivity contribution in [1.82, 2.24) is 4.31 Å². The summed E-state index contributed by atoms with van der Waals surface area (Å²) in [5.41, 5.74) is 6.14. The Morgan fingerprint density at radius 3 is 2.76 bits per heavy atom. The number of thioether (sulfide) groups is 1. The molecule has 0 spiro atoms. The van der Waals surface area contributed by atoms with Crippen LogP contribution >= 0.6 is 35.0 Å². The van der Waals surface area contributed by atoms with Gasteiger partial charge in [-0.25, -0.2) is 8.42 Å². The molecule has 0 bridgehead atoms. The fraction of sp³-hybridized carbons (Fsp3) is 0.538. The number of nitrogens with zero attached hydrogens (tertiary/aromatic N) is 1. The van der Waals surface area contributed by atoms with E-state index >= 15 is 0 Å². The van der Waals surface area contributed by atoms with Gasteiger partial charge in [0.1, 0.15) is 4.90 Å². The summed E-state index contributed by atoms with van der Waals surface area (Å²) in [6.45, 7) is 3.20. The summed E-state index contributed by atoms with van der Waals surface area (Å²) < 4.78 is 27.1. The van der Waals surface area contributed by atoms with E-state index in [-0.39, 0.29) is 16.5 Å². The SMILES string of the molecule is CCC1CN(S(=O)(=O)c2cc(Cl)cc(CN)c2Cl)CCS1. The van der Waals surface area contributed by atoms with Crippen molar-refractivity contribution in [3.05, 3.63) is 27.7 Å². The van der Waals surface area contributed by atoms with Gasteiger partial charge in [-0.3, -0.25) is 0 Å². The molecule has 1 aliphatic heterocycles. The van der Waals surface area contributed by atoms with E-state index < -0.39 is 10.0 Å². The molecular weight excluding hydrogens is 351 g/mol.